The molecule has 0 saturated heterocycles. The first kappa shape index (κ1) is 19.7. The molecule has 0 spiro atoms. The van der Waals surface area contributed by atoms with Crippen LogP contribution in [0.4, 0.5) is 16.0 Å². The molecule has 25 heavy (non-hydrogen) atoms. The topological polar surface area (TPSA) is 43.2 Å². The number of ether oxygens (including phenoxy) is 1. The number of methoxy groups -OCH3 is 1. The van der Waals surface area contributed by atoms with Crippen molar-refractivity contribution in [2.24, 2.45) is 0 Å². The van der Waals surface area contributed by atoms with Crippen molar-refractivity contribution in [3.63, 3.8) is 0 Å². The molecule has 1 aromatic carbocycles. The second kappa shape index (κ2) is 9.15. The second-order valence-electron chi connectivity index (χ2n) is 6.37. The standard InChI is InChI=1S/C18H25FN4O.ClH/c1-22(16-10-8-15(19)9-11-16)18-21-20-17(23(18)12-13-24-2)14-6-4-3-5-7-14;/h8-11,14H,3-7,12-13H2,1-2H3;1H. The summed E-state index contributed by atoms with van der Waals surface area (Å²) < 4.78 is 20.6. The van der Waals surface area contributed by atoms with Gasteiger partial charge in [0.15, 0.2) is 0 Å². The van der Waals surface area contributed by atoms with Crippen LogP contribution < -0.4 is 4.90 Å². The van der Waals surface area contributed by atoms with Gasteiger partial charge < -0.3 is 9.64 Å². The molecule has 1 aliphatic carbocycles. The average molecular weight is 369 g/mol. The van der Waals surface area contributed by atoms with E-state index in [0.29, 0.717) is 12.5 Å². The van der Waals surface area contributed by atoms with E-state index in [1.807, 2.05) is 11.9 Å². The van der Waals surface area contributed by atoms with Crippen LogP contribution in [0.5, 0.6) is 0 Å². The molecule has 0 unspecified atom stereocenters. The normalized spacial score (nSPS) is 15.0. The van der Waals surface area contributed by atoms with Gasteiger partial charge in [0.2, 0.25) is 5.95 Å². The molecule has 1 fully saturated rings. The zero-order valence-electron chi connectivity index (χ0n) is 14.8. The molecule has 3 rings (SSSR count). The highest BCUT2D eigenvalue weighted by Crippen LogP contribution is 2.34. The average Bonchev–Trinajstić information content (AvgIpc) is 3.04. The van der Waals surface area contributed by atoms with Crippen molar-refractivity contribution in [2.45, 2.75) is 44.6 Å². The van der Waals surface area contributed by atoms with Crippen LogP contribution in [-0.2, 0) is 11.3 Å². The Morgan fingerprint density at radius 3 is 2.48 bits per heavy atom. The van der Waals surface area contributed by atoms with E-state index in [2.05, 4.69) is 14.8 Å². The minimum Gasteiger partial charge on any atom is -0.383 e. The summed E-state index contributed by atoms with van der Waals surface area (Å²) in [7, 11) is 3.64. The quantitative estimate of drug-likeness (QED) is 0.762. The zero-order chi connectivity index (χ0) is 16.9. The van der Waals surface area contributed by atoms with Crippen LogP contribution >= 0.6 is 12.4 Å². The summed E-state index contributed by atoms with van der Waals surface area (Å²) in [5.74, 6) is 2.06. The van der Waals surface area contributed by atoms with E-state index >= 15 is 0 Å². The summed E-state index contributed by atoms with van der Waals surface area (Å²) in [5.41, 5.74) is 0.887. The number of hydrogen-bond acceptors (Lipinski definition) is 4. The van der Waals surface area contributed by atoms with Gasteiger partial charge in [0.05, 0.1) is 13.2 Å². The Balaban J connectivity index is 0.00000225. The molecule has 1 saturated carbocycles. The van der Waals surface area contributed by atoms with E-state index in [0.717, 1.165) is 24.0 Å². The maximum atomic E-state index is 13.2. The molecular weight excluding hydrogens is 343 g/mol. The van der Waals surface area contributed by atoms with Gasteiger partial charge in [-0.3, -0.25) is 4.57 Å². The van der Waals surface area contributed by atoms with Crippen LogP contribution in [0.2, 0.25) is 0 Å². The van der Waals surface area contributed by atoms with Crippen LogP contribution in [0.15, 0.2) is 24.3 Å². The van der Waals surface area contributed by atoms with E-state index in [4.69, 9.17) is 4.74 Å². The highest BCUT2D eigenvalue weighted by molar-refractivity contribution is 5.85. The third-order valence-electron chi connectivity index (χ3n) is 4.76. The number of benzene rings is 1. The van der Waals surface area contributed by atoms with Gasteiger partial charge in [-0.2, -0.15) is 0 Å². The molecule has 1 aromatic heterocycles. The predicted octanol–water partition coefficient (Wildman–Crippen LogP) is 4.30. The molecule has 0 aliphatic heterocycles. The van der Waals surface area contributed by atoms with Crippen molar-refractivity contribution < 1.29 is 9.13 Å². The van der Waals surface area contributed by atoms with Crippen molar-refractivity contribution in [1.82, 2.24) is 14.8 Å². The van der Waals surface area contributed by atoms with E-state index in [1.165, 1.54) is 44.2 Å². The first-order valence-corrected chi connectivity index (χ1v) is 8.62. The van der Waals surface area contributed by atoms with Crippen molar-refractivity contribution >= 4 is 24.0 Å². The Labute approximate surface area is 154 Å². The summed E-state index contributed by atoms with van der Waals surface area (Å²) >= 11 is 0. The lowest BCUT2D eigenvalue weighted by atomic mass is 9.88. The highest BCUT2D eigenvalue weighted by atomic mass is 35.5. The van der Waals surface area contributed by atoms with E-state index in [1.54, 1.807) is 19.2 Å². The third kappa shape index (κ3) is 4.50. The molecule has 0 bridgehead atoms. The molecule has 1 heterocycles. The Bertz CT molecular complexity index is 656. The van der Waals surface area contributed by atoms with Gasteiger partial charge in [0.1, 0.15) is 11.6 Å². The van der Waals surface area contributed by atoms with Gasteiger partial charge in [-0.15, -0.1) is 22.6 Å². The molecule has 2 aromatic rings. The molecule has 0 N–H and O–H groups in total. The fourth-order valence-electron chi connectivity index (χ4n) is 3.39. The fraction of sp³-hybridized carbons (Fsp3) is 0.556. The zero-order valence-corrected chi connectivity index (χ0v) is 15.6. The summed E-state index contributed by atoms with van der Waals surface area (Å²) in [5, 5.41) is 8.93. The number of nitrogens with zero attached hydrogens (tertiary/aromatic N) is 4. The molecule has 7 heteroatoms. The van der Waals surface area contributed by atoms with Gasteiger partial charge in [0.25, 0.3) is 0 Å². The number of anilines is 2. The molecule has 0 amide bonds. The Kier molecular flexibility index (Phi) is 7.20. The van der Waals surface area contributed by atoms with Crippen LogP contribution in [0.1, 0.15) is 43.8 Å². The number of rotatable bonds is 6. The number of halogens is 2. The summed E-state index contributed by atoms with van der Waals surface area (Å²) in [6, 6.07) is 6.43. The van der Waals surface area contributed by atoms with Crippen molar-refractivity contribution in [3.8, 4) is 0 Å². The van der Waals surface area contributed by atoms with Crippen LogP contribution in [0, 0.1) is 5.82 Å². The van der Waals surface area contributed by atoms with Crippen molar-refractivity contribution in [3.05, 3.63) is 35.9 Å². The molecule has 0 radical (unpaired) electrons. The van der Waals surface area contributed by atoms with Gasteiger partial charge in [-0.05, 0) is 37.1 Å². The van der Waals surface area contributed by atoms with Gasteiger partial charge in [-0.25, -0.2) is 4.39 Å². The Hall–Kier alpha value is -1.66. The largest absolute Gasteiger partial charge is 0.383 e. The molecule has 5 nitrogen and oxygen atoms in total. The van der Waals surface area contributed by atoms with Crippen molar-refractivity contribution in [1.29, 1.82) is 0 Å². The van der Waals surface area contributed by atoms with Crippen LogP contribution in [0.3, 0.4) is 0 Å². The molecule has 1 aliphatic rings. The maximum Gasteiger partial charge on any atom is 0.231 e. The van der Waals surface area contributed by atoms with E-state index in [-0.39, 0.29) is 18.2 Å². The Morgan fingerprint density at radius 2 is 1.84 bits per heavy atom. The monoisotopic (exact) mass is 368 g/mol. The lowest BCUT2D eigenvalue weighted by Crippen LogP contribution is -2.20. The van der Waals surface area contributed by atoms with Crippen molar-refractivity contribution in [2.75, 3.05) is 25.7 Å². The first-order valence-electron chi connectivity index (χ1n) is 8.62. The van der Waals surface area contributed by atoms with Crippen LogP contribution in [0.25, 0.3) is 0 Å². The SMILES string of the molecule is COCCn1c(C2CCCCC2)nnc1N(C)c1ccc(F)cc1.Cl. The predicted molar refractivity (Wildman–Crippen MR) is 99.4 cm³/mol. The molecule has 0 atom stereocenters. The number of aromatic nitrogens is 3. The third-order valence-corrected chi connectivity index (χ3v) is 4.76. The smallest absolute Gasteiger partial charge is 0.231 e. The summed E-state index contributed by atoms with van der Waals surface area (Å²) in [6.45, 7) is 1.33. The Morgan fingerprint density at radius 1 is 1.16 bits per heavy atom. The van der Waals surface area contributed by atoms with Gasteiger partial charge in [0, 0.05) is 25.8 Å². The minimum atomic E-state index is -0.240. The van der Waals surface area contributed by atoms with E-state index < -0.39 is 0 Å². The lowest BCUT2D eigenvalue weighted by molar-refractivity contribution is 0.185. The van der Waals surface area contributed by atoms with Crippen LogP contribution in [-0.4, -0.2) is 35.5 Å². The fourth-order valence-corrected chi connectivity index (χ4v) is 3.39. The summed E-state index contributed by atoms with van der Waals surface area (Å²) in [4.78, 5) is 1.95. The maximum absolute atomic E-state index is 13.2. The minimum absolute atomic E-state index is 0. The molecular formula is C18H26ClFN4O. The van der Waals surface area contributed by atoms with Gasteiger partial charge in [-0.1, -0.05) is 19.3 Å². The second-order valence-corrected chi connectivity index (χ2v) is 6.37. The lowest BCUT2D eigenvalue weighted by Gasteiger charge is -2.24. The number of hydrogen-bond donors (Lipinski definition) is 0. The highest BCUT2D eigenvalue weighted by Gasteiger charge is 2.24. The first-order chi connectivity index (χ1) is 11.7. The molecule has 138 valence electrons. The summed E-state index contributed by atoms with van der Waals surface area (Å²) in [6.07, 6.45) is 6.16. The van der Waals surface area contributed by atoms with Gasteiger partial charge >= 0.3 is 0 Å². The van der Waals surface area contributed by atoms with E-state index in [9.17, 15) is 4.39 Å².